The highest BCUT2D eigenvalue weighted by Gasteiger charge is 2.31. The Kier molecular flexibility index (Phi) is 3.65. The van der Waals surface area contributed by atoms with Gasteiger partial charge in [-0.2, -0.15) is 0 Å². The normalized spacial score (nSPS) is 20.2. The van der Waals surface area contributed by atoms with Gasteiger partial charge in [-0.05, 0) is 37.8 Å². The molecule has 2 aliphatic carbocycles. The van der Waals surface area contributed by atoms with Crippen LogP contribution < -0.4 is 4.72 Å². The minimum Gasteiger partial charge on any atom is -0.294 e. The van der Waals surface area contributed by atoms with Crippen LogP contribution in [0.15, 0.2) is 29.2 Å². The first-order valence-corrected chi connectivity index (χ1v) is 8.71. The van der Waals surface area contributed by atoms with Crippen LogP contribution in [0.4, 0.5) is 0 Å². The molecule has 0 unspecified atom stereocenters. The van der Waals surface area contributed by atoms with Gasteiger partial charge in [0.15, 0.2) is 5.78 Å². The minimum absolute atomic E-state index is 0.0442. The van der Waals surface area contributed by atoms with Gasteiger partial charge in [-0.1, -0.05) is 25.0 Å². The lowest BCUT2D eigenvalue weighted by molar-refractivity contribution is 0.0967. The number of nitrogens with one attached hydrogen (secondary N) is 1. The first-order valence-electron chi connectivity index (χ1n) is 7.23. The molecule has 1 aromatic carbocycles. The van der Waals surface area contributed by atoms with Crippen LogP contribution in [0, 0.1) is 5.92 Å². The van der Waals surface area contributed by atoms with Crippen molar-refractivity contribution in [1.82, 2.24) is 4.72 Å². The molecule has 0 radical (unpaired) electrons. The molecular weight excluding hydrogens is 274 g/mol. The molecule has 0 saturated heterocycles. The molecule has 0 atom stereocenters. The fourth-order valence-corrected chi connectivity index (χ4v) is 4.08. The molecule has 5 heteroatoms. The van der Waals surface area contributed by atoms with E-state index in [9.17, 15) is 13.2 Å². The SMILES string of the molecule is O=C(c1cccc(S(=O)(=O)NC2CCCC2)c1)C1CC1. The maximum absolute atomic E-state index is 12.3. The summed E-state index contributed by atoms with van der Waals surface area (Å²) in [4.78, 5) is 12.2. The van der Waals surface area contributed by atoms with E-state index in [0.29, 0.717) is 5.56 Å². The van der Waals surface area contributed by atoms with E-state index in [1.165, 1.54) is 6.07 Å². The van der Waals surface area contributed by atoms with Crippen molar-refractivity contribution in [2.75, 3.05) is 0 Å². The van der Waals surface area contributed by atoms with Gasteiger partial charge in [-0.3, -0.25) is 4.79 Å². The molecule has 0 bridgehead atoms. The number of sulfonamides is 1. The van der Waals surface area contributed by atoms with Gasteiger partial charge in [0.05, 0.1) is 4.90 Å². The Labute approximate surface area is 119 Å². The van der Waals surface area contributed by atoms with Gasteiger partial charge in [0.2, 0.25) is 10.0 Å². The second-order valence-corrected chi connectivity index (χ2v) is 7.48. The standard InChI is InChI=1S/C15H19NO3S/c17-15(11-8-9-11)12-4-3-7-14(10-12)20(18,19)16-13-5-1-2-6-13/h3-4,7,10-11,13,16H,1-2,5-6,8-9H2. The van der Waals surface area contributed by atoms with Gasteiger partial charge in [-0.15, -0.1) is 0 Å². The lowest BCUT2D eigenvalue weighted by atomic mass is 10.1. The molecule has 2 aliphatic rings. The number of hydrogen-bond donors (Lipinski definition) is 1. The van der Waals surface area contributed by atoms with Crippen molar-refractivity contribution in [3.63, 3.8) is 0 Å². The van der Waals surface area contributed by atoms with Crippen LogP contribution in [0.3, 0.4) is 0 Å². The lowest BCUT2D eigenvalue weighted by Gasteiger charge is -2.13. The summed E-state index contributed by atoms with van der Waals surface area (Å²) in [6.45, 7) is 0. The third kappa shape index (κ3) is 2.94. The van der Waals surface area contributed by atoms with Crippen molar-refractivity contribution in [2.45, 2.75) is 49.5 Å². The van der Waals surface area contributed by atoms with E-state index in [0.717, 1.165) is 38.5 Å². The summed E-state index contributed by atoms with van der Waals surface area (Å²) in [5.41, 5.74) is 0.516. The van der Waals surface area contributed by atoms with Crippen LogP contribution in [0.25, 0.3) is 0 Å². The zero-order valence-corrected chi connectivity index (χ0v) is 12.2. The van der Waals surface area contributed by atoms with Gasteiger partial charge in [-0.25, -0.2) is 13.1 Å². The van der Waals surface area contributed by atoms with Gasteiger partial charge in [0.1, 0.15) is 0 Å². The molecule has 108 valence electrons. The summed E-state index contributed by atoms with van der Waals surface area (Å²) in [6, 6.07) is 6.47. The van der Waals surface area contributed by atoms with Gasteiger partial charge >= 0.3 is 0 Å². The highest BCUT2D eigenvalue weighted by atomic mass is 32.2. The van der Waals surface area contributed by atoms with Crippen molar-refractivity contribution in [3.8, 4) is 0 Å². The average Bonchev–Trinajstić information content (AvgIpc) is 3.17. The summed E-state index contributed by atoms with van der Waals surface area (Å²) in [6.07, 6.45) is 5.81. The van der Waals surface area contributed by atoms with Crippen molar-refractivity contribution in [3.05, 3.63) is 29.8 Å². The van der Waals surface area contributed by atoms with E-state index in [4.69, 9.17) is 0 Å². The minimum atomic E-state index is -3.51. The second-order valence-electron chi connectivity index (χ2n) is 5.77. The average molecular weight is 293 g/mol. The third-order valence-electron chi connectivity index (χ3n) is 4.05. The molecule has 1 N–H and O–H groups in total. The number of ketones is 1. The Hall–Kier alpha value is -1.20. The Balaban J connectivity index is 1.81. The summed E-state index contributed by atoms with van der Waals surface area (Å²) in [7, 11) is -3.51. The van der Waals surface area contributed by atoms with Crippen LogP contribution in [-0.4, -0.2) is 20.2 Å². The predicted octanol–water partition coefficient (Wildman–Crippen LogP) is 2.50. The molecule has 20 heavy (non-hydrogen) atoms. The number of benzene rings is 1. The van der Waals surface area contributed by atoms with Crippen LogP contribution in [0.2, 0.25) is 0 Å². The lowest BCUT2D eigenvalue weighted by Crippen LogP contribution is -2.32. The summed E-state index contributed by atoms with van der Waals surface area (Å²) >= 11 is 0. The zero-order valence-electron chi connectivity index (χ0n) is 11.3. The topological polar surface area (TPSA) is 63.2 Å². The van der Waals surface area contributed by atoms with Gasteiger partial charge in [0.25, 0.3) is 0 Å². The Bertz CT molecular complexity index is 614. The number of hydrogen-bond acceptors (Lipinski definition) is 3. The van der Waals surface area contributed by atoms with Crippen molar-refractivity contribution >= 4 is 15.8 Å². The van der Waals surface area contributed by atoms with Gasteiger partial charge in [0, 0.05) is 17.5 Å². The van der Waals surface area contributed by atoms with Crippen molar-refractivity contribution in [1.29, 1.82) is 0 Å². The summed E-state index contributed by atoms with van der Waals surface area (Å²) < 4.78 is 27.4. The van der Waals surface area contributed by atoms with E-state index < -0.39 is 10.0 Å². The van der Waals surface area contributed by atoms with Crippen LogP contribution in [0.1, 0.15) is 48.9 Å². The third-order valence-corrected chi connectivity index (χ3v) is 5.57. The van der Waals surface area contributed by atoms with E-state index in [2.05, 4.69) is 4.72 Å². The predicted molar refractivity (Wildman–Crippen MR) is 76.1 cm³/mol. The molecule has 2 saturated carbocycles. The number of carbonyl (C=O) groups excluding carboxylic acids is 1. The molecule has 0 aliphatic heterocycles. The summed E-state index contributed by atoms with van der Waals surface area (Å²) in [5, 5.41) is 0. The Morgan fingerprint density at radius 1 is 1.10 bits per heavy atom. The highest BCUT2D eigenvalue weighted by Crippen LogP contribution is 2.33. The number of carbonyl (C=O) groups is 1. The van der Waals surface area contributed by atoms with Crippen LogP contribution >= 0.6 is 0 Å². The number of Topliss-reactive ketones (excluding diaryl/α,β-unsaturated/α-hetero) is 1. The van der Waals surface area contributed by atoms with Crippen molar-refractivity contribution < 1.29 is 13.2 Å². The molecule has 0 spiro atoms. The first-order chi connectivity index (χ1) is 9.56. The maximum atomic E-state index is 12.3. The fraction of sp³-hybridized carbons (Fsp3) is 0.533. The molecule has 3 rings (SSSR count). The summed E-state index contributed by atoms with van der Waals surface area (Å²) in [5.74, 6) is 0.179. The highest BCUT2D eigenvalue weighted by molar-refractivity contribution is 7.89. The molecule has 0 heterocycles. The van der Waals surface area contributed by atoms with Gasteiger partial charge < -0.3 is 0 Å². The largest absolute Gasteiger partial charge is 0.294 e. The molecule has 1 aromatic rings. The molecule has 0 aromatic heterocycles. The Morgan fingerprint density at radius 3 is 2.45 bits per heavy atom. The van der Waals surface area contributed by atoms with E-state index in [1.807, 2.05) is 0 Å². The monoisotopic (exact) mass is 293 g/mol. The Morgan fingerprint density at radius 2 is 1.80 bits per heavy atom. The first kappa shape index (κ1) is 13.8. The van der Waals surface area contributed by atoms with E-state index in [-0.39, 0.29) is 22.6 Å². The van der Waals surface area contributed by atoms with Crippen LogP contribution in [-0.2, 0) is 10.0 Å². The number of rotatable bonds is 5. The molecule has 0 amide bonds. The van der Waals surface area contributed by atoms with Crippen molar-refractivity contribution in [2.24, 2.45) is 5.92 Å². The van der Waals surface area contributed by atoms with Crippen LogP contribution in [0.5, 0.6) is 0 Å². The zero-order chi connectivity index (χ0) is 14.2. The van der Waals surface area contributed by atoms with E-state index in [1.54, 1.807) is 18.2 Å². The second kappa shape index (κ2) is 5.30. The molecule has 4 nitrogen and oxygen atoms in total. The quantitative estimate of drug-likeness (QED) is 0.848. The molecule has 2 fully saturated rings. The molecular formula is C15H19NO3S. The maximum Gasteiger partial charge on any atom is 0.240 e. The fourth-order valence-electron chi connectivity index (χ4n) is 2.73. The smallest absolute Gasteiger partial charge is 0.240 e. The van der Waals surface area contributed by atoms with E-state index >= 15 is 0 Å².